The predicted molar refractivity (Wildman–Crippen MR) is 108 cm³/mol. The van der Waals surface area contributed by atoms with Crippen molar-refractivity contribution in [1.82, 2.24) is 34.8 Å². The molecule has 5 rings (SSSR count). The van der Waals surface area contributed by atoms with Crippen LogP contribution in [0.15, 0.2) is 36.9 Å². The fraction of sp³-hybridized carbons (Fsp3) is 0.350. The van der Waals surface area contributed by atoms with Crippen molar-refractivity contribution in [2.75, 3.05) is 18.0 Å². The molecule has 4 aromatic heterocycles. The minimum absolute atomic E-state index is 0.0618. The predicted octanol–water partition coefficient (Wildman–Crippen LogP) is 3.20. The molecule has 0 aliphatic carbocycles. The number of hydrogen-bond acceptors (Lipinski definition) is 7. The summed E-state index contributed by atoms with van der Waals surface area (Å²) in [5.41, 5.74) is 1.97. The zero-order valence-electron chi connectivity index (χ0n) is 17.2. The molecule has 1 aliphatic heterocycles. The smallest absolute Gasteiger partial charge is 0.367 e. The van der Waals surface area contributed by atoms with Crippen molar-refractivity contribution < 1.29 is 17.9 Å². The highest BCUT2D eigenvalue weighted by Gasteiger charge is 2.33. The number of anilines is 1. The van der Waals surface area contributed by atoms with E-state index in [0.717, 1.165) is 21.8 Å². The van der Waals surface area contributed by atoms with Gasteiger partial charge < -0.3 is 9.64 Å². The van der Waals surface area contributed by atoms with Crippen LogP contribution in [0.2, 0.25) is 0 Å². The Balaban J connectivity index is 1.49. The average Bonchev–Trinajstić information content (AvgIpc) is 3.38. The number of ether oxygens (including phenoxy) is 1. The Hall–Kier alpha value is -3.54. The lowest BCUT2D eigenvalue weighted by Gasteiger charge is -2.37. The number of alkyl halides is 3. The van der Waals surface area contributed by atoms with Crippen LogP contribution in [0.5, 0.6) is 0 Å². The third-order valence-corrected chi connectivity index (χ3v) is 5.37. The van der Waals surface area contributed by atoms with E-state index in [4.69, 9.17) is 4.74 Å². The molecule has 0 bridgehead atoms. The third kappa shape index (κ3) is 3.66. The Morgan fingerprint density at radius 1 is 1.12 bits per heavy atom. The molecular formula is C20H19F3N8O. The van der Waals surface area contributed by atoms with E-state index in [-0.39, 0.29) is 12.2 Å². The van der Waals surface area contributed by atoms with E-state index in [1.54, 1.807) is 12.3 Å². The molecule has 0 spiro atoms. The fourth-order valence-corrected chi connectivity index (χ4v) is 3.85. The van der Waals surface area contributed by atoms with E-state index >= 15 is 0 Å². The Morgan fingerprint density at radius 2 is 1.97 bits per heavy atom. The van der Waals surface area contributed by atoms with Crippen molar-refractivity contribution in [3.05, 3.63) is 53.9 Å². The van der Waals surface area contributed by atoms with Crippen molar-refractivity contribution in [2.45, 2.75) is 32.2 Å². The molecule has 1 saturated heterocycles. The van der Waals surface area contributed by atoms with Gasteiger partial charge >= 0.3 is 6.18 Å². The van der Waals surface area contributed by atoms with Gasteiger partial charge in [0.05, 0.1) is 30.7 Å². The first-order valence-corrected chi connectivity index (χ1v) is 9.94. The maximum Gasteiger partial charge on any atom is 0.435 e. The molecular weight excluding hydrogens is 425 g/mol. The maximum absolute atomic E-state index is 13.1. The Kier molecular flexibility index (Phi) is 4.81. The Labute approximate surface area is 180 Å². The lowest BCUT2D eigenvalue weighted by Crippen LogP contribution is -2.43. The standard InChI is InChI=1S/C20H19F3N8O/c1-11-8-30(9-16(32-11)13-6-27-28-12(13)2)19-5-14(25-10-26-19)15-7-24-18-4-3-17(20(21,22)23)29-31(15)18/h3-7,10-11,16H,8-9H2,1-2H3,(H,27,28)/t11-,16+/m0/s1. The van der Waals surface area contributed by atoms with Crippen molar-refractivity contribution in [3.63, 3.8) is 0 Å². The van der Waals surface area contributed by atoms with E-state index in [2.05, 4.69) is 35.1 Å². The molecule has 32 heavy (non-hydrogen) atoms. The van der Waals surface area contributed by atoms with Crippen LogP contribution in [0.3, 0.4) is 0 Å². The van der Waals surface area contributed by atoms with Crippen LogP contribution in [0, 0.1) is 6.92 Å². The van der Waals surface area contributed by atoms with Crippen molar-refractivity contribution in [2.24, 2.45) is 0 Å². The highest BCUT2D eigenvalue weighted by Crippen LogP contribution is 2.31. The van der Waals surface area contributed by atoms with Crippen LogP contribution in [0.1, 0.15) is 30.0 Å². The number of fused-ring (bicyclic) bond motifs is 1. The van der Waals surface area contributed by atoms with Crippen LogP contribution < -0.4 is 4.90 Å². The SMILES string of the molecule is Cc1[nH]ncc1[C@H]1CN(c2cc(-c3cnc4ccc(C(F)(F)F)nn34)ncn2)C[C@H](C)O1. The Bertz CT molecular complexity index is 1270. The first kappa shape index (κ1) is 20.4. The Morgan fingerprint density at radius 3 is 2.72 bits per heavy atom. The number of aromatic amines is 1. The van der Waals surface area contributed by atoms with E-state index in [1.165, 1.54) is 18.6 Å². The minimum atomic E-state index is -4.56. The van der Waals surface area contributed by atoms with Crippen LogP contribution >= 0.6 is 0 Å². The fourth-order valence-electron chi connectivity index (χ4n) is 3.85. The minimum Gasteiger partial charge on any atom is -0.367 e. The maximum atomic E-state index is 13.1. The van der Waals surface area contributed by atoms with E-state index in [0.29, 0.717) is 35.9 Å². The third-order valence-electron chi connectivity index (χ3n) is 5.37. The number of H-pyrrole nitrogens is 1. The number of rotatable bonds is 3. The second-order valence-corrected chi connectivity index (χ2v) is 7.68. The van der Waals surface area contributed by atoms with Crippen molar-refractivity contribution in [1.29, 1.82) is 0 Å². The second-order valence-electron chi connectivity index (χ2n) is 7.68. The van der Waals surface area contributed by atoms with Gasteiger partial charge in [-0.2, -0.15) is 23.4 Å². The van der Waals surface area contributed by atoms with Gasteiger partial charge in [-0.1, -0.05) is 0 Å². The average molecular weight is 444 g/mol. The summed E-state index contributed by atoms with van der Waals surface area (Å²) in [6.07, 6.45) is -0.221. The lowest BCUT2D eigenvalue weighted by atomic mass is 10.1. The summed E-state index contributed by atoms with van der Waals surface area (Å²) in [6.45, 7) is 5.06. The molecule has 0 radical (unpaired) electrons. The van der Waals surface area contributed by atoms with Gasteiger partial charge in [-0.25, -0.2) is 19.5 Å². The number of nitrogens with zero attached hydrogens (tertiary/aromatic N) is 7. The largest absolute Gasteiger partial charge is 0.435 e. The number of aryl methyl sites for hydroxylation is 1. The molecule has 0 aromatic carbocycles. The quantitative estimate of drug-likeness (QED) is 0.518. The van der Waals surface area contributed by atoms with Gasteiger partial charge in [0, 0.05) is 23.9 Å². The highest BCUT2D eigenvalue weighted by molar-refractivity contribution is 5.62. The van der Waals surface area contributed by atoms with Crippen LogP contribution in [0.25, 0.3) is 17.0 Å². The summed E-state index contributed by atoms with van der Waals surface area (Å²) < 4.78 is 46.6. The summed E-state index contributed by atoms with van der Waals surface area (Å²) in [5.74, 6) is 0.637. The van der Waals surface area contributed by atoms with Crippen LogP contribution in [0.4, 0.5) is 19.0 Å². The van der Waals surface area contributed by atoms with Crippen LogP contribution in [-0.4, -0.2) is 54.0 Å². The van der Waals surface area contributed by atoms with Gasteiger partial charge in [0.2, 0.25) is 0 Å². The molecule has 0 amide bonds. The van der Waals surface area contributed by atoms with Crippen LogP contribution in [-0.2, 0) is 10.9 Å². The summed E-state index contributed by atoms with van der Waals surface area (Å²) in [7, 11) is 0. The molecule has 9 nitrogen and oxygen atoms in total. The van der Waals surface area contributed by atoms with Crippen molar-refractivity contribution >= 4 is 11.5 Å². The second kappa shape index (κ2) is 7.55. The monoisotopic (exact) mass is 444 g/mol. The molecule has 4 aromatic rings. The van der Waals surface area contributed by atoms with Gasteiger partial charge in [0.15, 0.2) is 11.3 Å². The van der Waals surface area contributed by atoms with Gasteiger partial charge in [-0.3, -0.25) is 5.10 Å². The highest BCUT2D eigenvalue weighted by atomic mass is 19.4. The van der Waals surface area contributed by atoms with Gasteiger partial charge in [-0.15, -0.1) is 0 Å². The zero-order valence-corrected chi connectivity index (χ0v) is 17.2. The van der Waals surface area contributed by atoms with Crippen molar-refractivity contribution in [3.8, 4) is 11.4 Å². The summed E-state index contributed by atoms with van der Waals surface area (Å²) in [4.78, 5) is 14.9. The first-order valence-electron chi connectivity index (χ1n) is 9.94. The first-order chi connectivity index (χ1) is 15.3. The molecule has 166 valence electrons. The van der Waals surface area contributed by atoms with Gasteiger partial charge in [0.25, 0.3) is 0 Å². The van der Waals surface area contributed by atoms with Gasteiger partial charge in [-0.05, 0) is 26.0 Å². The number of aromatic nitrogens is 7. The number of nitrogens with one attached hydrogen (secondary N) is 1. The number of hydrogen-bond donors (Lipinski definition) is 1. The summed E-state index contributed by atoms with van der Waals surface area (Å²) >= 11 is 0. The molecule has 12 heteroatoms. The molecule has 2 atom stereocenters. The summed E-state index contributed by atoms with van der Waals surface area (Å²) in [6, 6.07) is 3.91. The molecule has 0 unspecified atom stereocenters. The summed E-state index contributed by atoms with van der Waals surface area (Å²) in [5, 5.41) is 10.7. The van der Waals surface area contributed by atoms with E-state index < -0.39 is 11.9 Å². The molecule has 1 fully saturated rings. The zero-order chi connectivity index (χ0) is 22.5. The number of imidazole rings is 1. The molecule has 5 heterocycles. The lowest BCUT2D eigenvalue weighted by molar-refractivity contribution is -0.141. The van der Waals surface area contributed by atoms with E-state index in [9.17, 15) is 13.2 Å². The number of halogens is 3. The molecule has 0 saturated carbocycles. The van der Waals surface area contributed by atoms with E-state index in [1.807, 2.05) is 13.8 Å². The molecule has 1 aliphatic rings. The normalized spacial score (nSPS) is 19.6. The topological polar surface area (TPSA) is 97.1 Å². The number of morpholine rings is 1. The van der Waals surface area contributed by atoms with Gasteiger partial charge in [0.1, 0.15) is 23.9 Å². The molecule has 1 N–H and O–H groups in total.